The molecule has 2 aromatic rings. The molecule has 160 valence electrons. The van der Waals surface area contributed by atoms with Gasteiger partial charge in [0.1, 0.15) is 12.4 Å². The van der Waals surface area contributed by atoms with Gasteiger partial charge in [0.25, 0.3) is 0 Å². The highest BCUT2D eigenvalue weighted by Crippen LogP contribution is 2.44. The summed E-state index contributed by atoms with van der Waals surface area (Å²) in [7, 11) is 1.52. The van der Waals surface area contributed by atoms with Crippen LogP contribution in [0.5, 0.6) is 0 Å². The van der Waals surface area contributed by atoms with E-state index in [2.05, 4.69) is 15.2 Å². The van der Waals surface area contributed by atoms with Gasteiger partial charge in [-0.25, -0.2) is 4.98 Å². The molecule has 2 amide bonds. The van der Waals surface area contributed by atoms with Crippen molar-refractivity contribution in [3.05, 3.63) is 46.5 Å². The van der Waals surface area contributed by atoms with Crippen LogP contribution in [-0.2, 0) is 26.2 Å². The third-order valence-electron chi connectivity index (χ3n) is 6.22. The predicted octanol–water partition coefficient (Wildman–Crippen LogP) is 1.58. The molecule has 1 aromatic carbocycles. The highest BCUT2D eigenvalue weighted by molar-refractivity contribution is 6.30. The third kappa shape index (κ3) is 3.94. The predicted molar refractivity (Wildman–Crippen MR) is 111 cm³/mol. The van der Waals surface area contributed by atoms with E-state index in [9.17, 15) is 9.59 Å². The normalized spacial score (nSPS) is 23.5. The second-order valence-electron chi connectivity index (χ2n) is 8.20. The lowest BCUT2D eigenvalue weighted by atomic mass is 9.72. The van der Waals surface area contributed by atoms with Crippen LogP contribution in [0.2, 0.25) is 5.02 Å². The van der Waals surface area contributed by atoms with Gasteiger partial charge in [0, 0.05) is 44.2 Å². The number of carbonyl (C=O) groups excluding carboxylic acids is 2. The fraction of sp³-hybridized carbons (Fsp3) is 0.524. The first-order chi connectivity index (χ1) is 14.4. The molecule has 2 fully saturated rings. The Morgan fingerprint density at radius 3 is 2.80 bits per heavy atom. The van der Waals surface area contributed by atoms with Crippen molar-refractivity contribution < 1.29 is 14.3 Å². The summed E-state index contributed by atoms with van der Waals surface area (Å²) in [5.41, 5.74) is 0.542. The van der Waals surface area contributed by atoms with Crippen LogP contribution in [0.3, 0.4) is 0 Å². The molecule has 30 heavy (non-hydrogen) atoms. The zero-order valence-corrected chi connectivity index (χ0v) is 18.0. The van der Waals surface area contributed by atoms with Crippen LogP contribution in [0.1, 0.15) is 23.6 Å². The Kier molecular flexibility index (Phi) is 5.79. The van der Waals surface area contributed by atoms with Gasteiger partial charge in [-0.15, -0.1) is 0 Å². The molecule has 3 heterocycles. The van der Waals surface area contributed by atoms with Crippen molar-refractivity contribution in [3.8, 4) is 0 Å². The van der Waals surface area contributed by atoms with Gasteiger partial charge in [0.15, 0.2) is 5.82 Å². The average molecular weight is 432 g/mol. The van der Waals surface area contributed by atoms with Gasteiger partial charge in [-0.2, -0.15) is 5.10 Å². The molecule has 9 heteroatoms. The van der Waals surface area contributed by atoms with Crippen LogP contribution in [-0.4, -0.2) is 76.7 Å². The van der Waals surface area contributed by atoms with E-state index in [1.165, 1.54) is 7.11 Å². The standard InChI is InChI=1S/C21H26ClN5O3/c1-14-23-20(25-24-14)21-6-7-26(19(29)12-30-2)10-16(21)11-27(13-21)18(28)9-15-4-3-5-17(22)8-15/h3-5,8,16H,6-7,9-13H2,1-2H3,(H,23,24,25)/t16-,21-/m1/s1. The highest BCUT2D eigenvalue weighted by Gasteiger charge is 2.54. The van der Waals surface area contributed by atoms with Gasteiger partial charge in [0.2, 0.25) is 11.8 Å². The van der Waals surface area contributed by atoms with Gasteiger partial charge in [0.05, 0.1) is 11.8 Å². The van der Waals surface area contributed by atoms with Gasteiger partial charge in [-0.3, -0.25) is 14.7 Å². The second-order valence-corrected chi connectivity index (χ2v) is 8.64. The van der Waals surface area contributed by atoms with Crippen molar-refractivity contribution in [1.29, 1.82) is 0 Å². The molecule has 0 unspecified atom stereocenters. The summed E-state index contributed by atoms with van der Waals surface area (Å²) in [6, 6.07) is 7.38. The number of nitrogens with one attached hydrogen (secondary N) is 1. The number of methoxy groups -OCH3 is 1. The second kappa shape index (κ2) is 8.35. The average Bonchev–Trinajstić information content (AvgIpc) is 3.32. The largest absolute Gasteiger partial charge is 0.375 e. The maximum absolute atomic E-state index is 13.1. The minimum atomic E-state index is -0.349. The Bertz CT molecular complexity index is 948. The Morgan fingerprint density at radius 2 is 2.10 bits per heavy atom. The van der Waals surface area contributed by atoms with E-state index in [0.29, 0.717) is 44.0 Å². The van der Waals surface area contributed by atoms with E-state index >= 15 is 0 Å². The molecule has 8 nitrogen and oxygen atoms in total. The lowest BCUT2D eigenvalue weighted by Gasteiger charge is -2.41. The molecule has 0 aliphatic carbocycles. The molecule has 0 radical (unpaired) electrons. The summed E-state index contributed by atoms with van der Waals surface area (Å²) in [6.07, 6.45) is 1.01. The number of nitrogens with zero attached hydrogens (tertiary/aromatic N) is 4. The van der Waals surface area contributed by atoms with Crippen molar-refractivity contribution in [3.63, 3.8) is 0 Å². The van der Waals surface area contributed by atoms with Crippen molar-refractivity contribution in [2.24, 2.45) is 5.92 Å². The zero-order valence-electron chi connectivity index (χ0n) is 17.2. The van der Waals surface area contributed by atoms with Crippen molar-refractivity contribution >= 4 is 23.4 Å². The first-order valence-corrected chi connectivity index (χ1v) is 10.5. The number of ether oxygens (including phenoxy) is 1. The minimum Gasteiger partial charge on any atom is -0.375 e. The fourth-order valence-corrected chi connectivity index (χ4v) is 4.89. The van der Waals surface area contributed by atoms with Gasteiger partial charge in [-0.05, 0) is 31.0 Å². The molecular formula is C21H26ClN5O3. The Hall–Kier alpha value is -2.45. The van der Waals surface area contributed by atoms with E-state index in [1.54, 1.807) is 6.07 Å². The quantitative estimate of drug-likeness (QED) is 0.776. The first kappa shape index (κ1) is 20.8. The molecule has 2 saturated heterocycles. The lowest BCUT2D eigenvalue weighted by Crippen LogP contribution is -2.52. The summed E-state index contributed by atoms with van der Waals surface area (Å²) in [5.74, 6) is 1.58. The fourth-order valence-electron chi connectivity index (χ4n) is 4.68. The van der Waals surface area contributed by atoms with Crippen LogP contribution in [0.15, 0.2) is 24.3 Å². The monoisotopic (exact) mass is 431 g/mol. The summed E-state index contributed by atoms with van der Waals surface area (Å²) in [6.45, 7) is 4.23. The minimum absolute atomic E-state index is 0.0269. The van der Waals surface area contributed by atoms with Gasteiger partial charge >= 0.3 is 0 Å². The molecule has 0 bridgehead atoms. The molecule has 2 aliphatic heterocycles. The number of fused-ring (bicyclic) bond motifs is 1. The number of rotatable bonds is 5. The number of hydrogen-bond donors (Lipinski definition) is 1. The Labute approximate surface area is 180 Å². The van der Waals surface area contributed by atoms with Gasteiger partial charge in [-0.1, -0.05) is 23.7 Å². The lowest BCUT2D eigenvalue weighted by molar-refractivity contribution is -0.137. The third-order valence-corrected chi connectivity index (χ3v) is 6.46. The molecular weight excluding hydrogens is 406 g/mol. The van der Waals surface area contributed by atoms with E-state index in [-0.39, 0.29) is 29.8 Å². The SMILES string of the molecule is COCC(=O)N1CC[C@@]2(c3n[nH]c(C)n3)CN(C(=O)Cc3cccc(Cl)c3)C[C@H]2C1. The van der Waals surface area contributed by atoms with Crippen molar-refractivity contribution in [2.75, 3.05) is 39.9 Å². The topological polar surface area (TPSA) is 91.4 Å². The summed E-state index contributed by atoms with van der Waals surface area (Å²) < 4.78 is 5.02. The molecule has 2 aliphatic rings. The van der Waals surface area contributed by atoms with Gasteiger partial charge < -0.3 is 14.5 Å². The molecule has 1 aromatic heterocycles. The zero-order chi connectivity index (χ0) is 21.3. The van der Waals surface area contributed by atoms with Crippen LogP contribution >= 0.6 is 11.6 Å². The Morgan fingerprint density at radius 1 is 1.30 bits per heavy atom. The van der Waals surface area contributed by atoms with Crippen LogP contribution in [0.25, 0.3) is 0 Å². The first-order valence-electron chi connectivity index (χ1n) is 10.1. The number of aromatic amines is 1. The summed E-state index contributed by atoms with van der Waals surface area (Å²) in [5, 5.41) is 8.01. The number of carbonyl (C=O) groups is 2. The maximum atomic E-state index is 13.1. The number of halogens is 1. The van der Waals surface area contributed by atoms with Crippen LogP contribution in [0, 0.1) is 12.8 Å². The van der Waals surface area contributed by atoms with E-state index in [4.69, 9.17) is 16.3 Å². The summed E-state index contributed by atoms with van der Waals surface area (Å²) >= 11 is 6.07. The van der Waals surface area contributed by atoms with E-state index in [1.807, 2.05) is 34.9 Å². The molecule has 0 saturated carbocycles. The number of aromatic nitrogens is 3. The number of H-pyrrole nitrogens is 1. The smallest absolute Gasteiger partial charge is 0.248 e. The highest BCUT2D eigenvalue weighted by atomic mass is 35.5. The molecule has 0 spiro atoms. The number of amides is 2. The number of benzene rings is 1. The van der Waals surface area contributed by atoms with E-state index in [0.717, 1.165) is 17.2 Å². The number of piperidine rings is 1. The Balaban J connectivity index is 1.56. The summed E-state index contributed by atoms with van der Waals surface area (Å²) in [4.78, 5) is 33.8. The number of likely N-dealkylation sites (tertiary alicyclic amines) is 2. The van der Waals surface area contributed by atoms with Crippen molar-refractivity contribution in [2.45, 2.75) is 25.2 Å². The maximum Gasteiger partial charge on any atom is 0.248 e. The van der Waals surface area contributed by atoms with E-state index < -0.39 is 0 Å². The van der Waals surface area contributed by atoms with Crippen LogP contribution < -0.4 is 0 Å². The van der Waals surface area contributed by atoms with Crippen LogP contribution in [0.4, 0.5) is 0 Å². The molecule has 1 N–H and O–H groups in total. The van der Waals surface area contributed by atoms with Crippen molar-refractivity contribution in [1.82, 2.24) is 25.0 Å². The molecule has 2 atom stereocenters. The molecule has 4 rings (SSSR count). The number of hydrogen-bond acceptors (Lipinski definition) is 5. The number of aryl methyl sites for hydroxylation is 1.